The minimum absolute atomic E-state index is 0.0387. The maximum atomic E-state index is 12.7. The summed E-state index contributed by atoms with van der Waals surface area (Å²) < 4.78 is 27.8. The third kappa shape index (κ3) is 5.60. The van der Waals surface area contributed by atoms with Crippen molar-refractivity contribution in [1.29, 1.82) is 5.26 Å². The lowest BCUT2D eigenvalue weighted by Crippen LogP contribution is -2.40. The van der Waals surface area contributed by atoms with Crippen molar-refractivity contribution in [1.82, 2.24) is 15.0 Å². The molecule has 0 aromatic carbocycles. The number of rotatable bonds is 5. The van der Waals surface area contributed by atoms with Gasteiger partial charge >= 0.3 is 0 Å². The third-order valence-electron chi connectivity index (χ3n) is 3.83. The van der Waals surface area contributed by atoms with E-state index in [2.05, 4.69) is 25.3 Å². The summed E-state index contributed by atoms with van der Waals surface area (Å²) in [5.74, 6) is -0.107. The number of nitrogens with one attached hydrogen (secondary N) is 3. The first-order chi connectivity index (χ1) is 11.9. The van der Waals surface area contributed by atoms with Gasteiger partial charge in [-0.2, -0.15) is 5.26 Å². The maximum Gasteiger partial charge on any atom is 0.267 e. The van der Waals surface area contributed by atoms with Crippen LogP contribution < -0.4 is 15.4 Å². The lowest BCUT2D eigenvalue weighted by molar-refractivity contribution is 0.462. The SMILES string of the molecule is CC(C)N=C(NC#N)NS(=O)(=O)c1cnccc1NC1CCCCC1. The molecule has 8 nitrogen and oxygen atoms in total. The number of nitrogens with zero attached hydrogens (tertiary/aromatic N) is 3. The second kappa shape index (κ2) is 8.67. The third-order valence-corrected chi connectivity index (χ3v) is 5.20. The highest BCUT2D eigenvalue weighted by molar-refractivity contribution is 7.90. The highest BCUT2D eigenvalue weighted by Gasteiger charge is 2.23. The molecule has 1 heterocycles. The van der Waals surface area contributed by atoms with Gasteiger partial charge in [0, 0.05) is 24.5 Å². The predicted octanol–water partition coefficient (Wildman–Crippen LogP) is 1.94. The van der Waals surface area contributed by atoms with Crippen LogP contribution in [-0.2, 0) is 10.0 Å². The Labute approximate surface area is 148 Å². The van der Waals surface area contributed by atoms with Crippen molar-refractivity contribution in [2.45, 2.75) is 62.9 Å². The van der Waals surface area contributed by atoms with Gasteiger partial charge in [0.2, 0.25) is 5.96 Å². The standard InChI is InChI=1S/C16H24N6O2S/c1-12(2)20-16(19-11-17)22-25(23,24)15-10-18-9-8-14(15)21-13-6-4-3-5-7-13/h8-10,12-13H,3-7H2,1-2H3,(H,18,21)(H2,19,20,22). The number of sulfonamides is 1. The van der Waals surface area contributed by atoms with Crippen molar-refractivity contribution in [3.63, 3.8) is 0 Å². The largest absolute Gasteiger partial charge is 0.381 e. The Balaban J connectivity index is 2.25. The zero-order chi connectivity index (χ0) is 18.3. The van der Waals surface area contributed by atoms with Gasteiger partial charge in [-0.3, -0.25) is 10.3 Å². The summed E-state index contributed by atoms with van der Waals surface area (Å²) in [6.07, 6.45) is 10.1. The Morgan fingerprint density at radius 3 is 2.72 bits per heavy atom. The van der Waals surface area contributed by atoms with Crippen LogP contribution in [0, 0.1) is 11.5 Å². The van der Waals surface area contributed by atoms with E-state index in [0.29, 0.717) is 5.69 Å². The minimum atomic E-state index is -3.93. The van der Waals surface area contributed by atoms with Gasteiger partial charge in [-0.05, 0) is 32.8 Å². The molecule has 1 aromatic heterocycles. The molecule has 0 unspecified atom stereocenters. The van der Waals surface area contributed by atoms with Crippen molar-refractivity contribution in [2.24, 2.45) is 4.99 Å². The molecule has 3 N–H and O–H groups in total. The molecule has 0 saturated heterocycles. The number of anilines is 1. The zero-order valence-electron chi connectivity index (χ0n) is 14.5. The molecule has 1 aliphatic carbocycles. The molecule has 0 atom stereocenters. The highest BCUT2D eigenvalue weighted by atomic mass is 32.2. The summed E-state index contributed by atoms with van der Waals surface area (Å²) in [6, 6.07) is 1.73. The van der Waals surface area contributed by atoms with Crippen LogP contribution in [0.5, 0.6) is 0 Å². The number of hydrogen-bond acceptors (Lipinski definition) is 6. The van der Waals surface area contributed by atoms with Crippen molar-refractivity contribution >= 4 is 21.7 Å². The van der Waals surface area contributed by atoms with E-state index >= 15 is 0 Å². The van der Waals surface area contributed by atoms with Crippen LogP contribution in [0.2, 0.25) is 0 Å². The van der Waals surface area contributed by atoms with Crippen LogP contribution >= 0.6 is 0 Å². The van der Waals surface area contributed by atoms with Crippen LogP contribution in [0.25, 0.3) is 0 Å². The van der Waals surface area contributed by atoms with Crippen LogP contribution in [0.1, 0.15) is 46.0 Å². The smallest absolute Gasteiger partial charge is 0.267 e. The van der Waals surface area contributed by atoms with Crippen molar-refractivity contribution in [2.75, 3.05) is 5.32 Å². The fourth-order valence-corrected chi connectivity index (χ4v) is 3.84. The minimum Gasteiger partial charge on any atom is -0.381 e. The molecule has 136 valence electrons. The molecule has 1 saturated carbocycles. The molecule has 1 fully saturated rings. The van der Waals surface area contributed by atoms with E-state index in [-0.39, 0.29) is 22.9 Å². The Morgan fingerprint density at radius 2 is 2.08 bits per heavy atom. The summed E-state index contributed by atoms with van der Waals surface area (Å²) in [7, 11) is -3.93. The first-order valence-corrected chi connectivity index (χ1v) is 9.87. The predicted molar refractivity (Wildman–Crippen MR) is 96.4 cm³/mol. The van der Waals surface area contributed by atoms with Crippen LogP contribution in [-0.4, -0.2) is 31.4 Å². The molecule has 0 bridgehead atoms. The Hall–Kier alpha value is -2.34. The lowest BCUT2D eigenvalue weighted by atomic mass is 9.95. The average molecular weight is 364 g/mol. The number of aliphatic imine (C=N–C) groups is 1. The summed E-state index contributed by atoms with van der Waals surface area (Å²) >= 11 is 0. The van der Waals surface area contributed by atoms with E-state index in [0.717, 1.165) is 25.7 Å². The number of pyridine rings is 1. The van der Waals surface area contributed by atoms with Crippen LogP contribution in [0.4, 0.5) is 5.69 Å². The molecule has 0 spiro atoms. The fraction of sp³-hybridized carbons (Fsp3) is 0.562. The average Bonchev–Trinajstić information content (AvgIpc) is 2.55. The Bertz CT molecular complexity index is 748. The van der Waals surface area contributed by atoms with Gasteiger partial charge in [-0.1, -0.05) is 19.3 Å². The second-order valence-corrected chi connectivity index (χ2v) is 7.92. The Kier molecular flexibility index (Phi) is 6.58. The first kappa shape index (κ1) is 19.0. The maximum absolute atomic E-state index is 12.7. The Morgan fingerprint density at radius 1 is 1.36 bits per heavy atom. The van der Waals surface area contributed by atoms with E-state index in [9.17, 15) is 8.42 Å². The molecule has 2 rings (SSSR count). The van der Waals surface area contributed by atoms with Gasteiger partial charge < -0.3 is 5.32 Å². The monoisotopic (exact) mass is 364 g/mol. The molecule has 0 aliphatic heterocycles. The number of hydrogen-bond donors (Lipinski definition) is 3. The van der Waals surface area contributed by atoms with Crippen molar-refractivity contribution in [3.05, 3.63) is 18.5 Å². The zero-order valence-corrected chi connectivity index (χ0v) is 15.3. The molecule has 1 aliphatic rings. The van der Waals surface area contributed by atoms with Gasteiger partial charge in [0.15, 0.2) is 6.19 Å². The van der Waals surface area contributed by atoms with E-state index in [1.165, 1.54) is 12.6 Å². The quantitative estimate of drug-likeness (QED) is 0.318. The van der Waals surface area contributed by atoms with E-state index in [1.54, 1.807) is 32.3 Å². The van der Waals surface area contributed by atoms with Crippen LogP contribution in [0.15, 0.2) is 28.3 Å². The summed E-state index contributed by atoms with van der Waals surface area (Å²) in [5, 5.41) is 14.4. The summed E-state index contributed by atoms with van der Waals surface area (Å²) in [5.41, 5.74) is 0.509. The molecular weight excluding hydrogens is 340 g/mol. The lowest BCUT2D eigenvalue weighted by Gasteiger charge is -2.25. The van der Waals surface area contributed by atoms with Crippen molar-refractivity contribution in [3.8, 4) is 6.19 Å². The number of nitriles is 1. The molecule has 0 radical (unpaired) electrons. The normalized spacial score (nSPS) is 16.3. The fourth-order valence-electron chi connectivity index (χ4n) is 2.76. The molecule has 0 amide bonds. The van der Waals surface area contributed by atoms with E-state index in [4.69, 9.17) is 5.26 Å². The van der Waals surface area contributed by atoms with Gasteiger partial charge in [0.05, 0.1) is 5.69 Å². The van der Waals surface area contributed by atoms with Gasteiger partial charge in [0.1, 0.15) is 4.90 Å². The molecule has 25 heavy (non-hydrogen) atoms. The first-order valence-electron chi connectivity index (χ1n) is 8.38. The summed E-state index contributed by atoms with van der Waals surface area (Å²) in [4.78, 5) is 8.05. The molecular formula is C16H24N6O2S. The van der Waals surface area contributed by atoms with E-state index in [1.807, 2.05) is 0 Å². The molecule has 9 heteroatoms. The van der Waals surface area contributed by atoms with Gasteiger partial charge in [0.25, 0.3) is 10.0 Å². The highest BCUT2D eigenvalue weighted by Crippen LogP contribution is 2.25. The van der Waals surface area contributed by atoms with Crippen molar-refractivity contribution < 1.29 is 8.42 Å². The molecule has 1 aromatic rings. The number of guanidine groups is 1. The van der Waals surface area contributed by atoms with E-state index < -0.39 is 10.0 Å². The van der Waals surface area contributed by atoms with Gasteiger partial charge in [-0.25, -0.2) is 18.1 Å². The topological polar surface area (TPSA) is 119 Å². The van der Waals surface area contributed by atoms with Gasteiger partial charge in [-0.15, -0.1) is 0 Å². The summed E-state index contributed by atoms with van der Waals surface area (Å²) in [6.45, 7) is 3.57. The van der Waals surface area contributed by atoms with Crippen LogP contribution in [0.3, 0.4) is 0 Å². The number of aromatic nitrogens is 1. The second-order valence-electron chi connectivity index (χ2n) is 6.26.